The van der Waals surface area contributed by atoms with Crippen molar-refractivity contribution >= 4 is 10.0 Å². The fourth-order valence-corrected chi connectivity index (χ4v) is 3.29. The molecule has 0 N–H and O–H groups in total. The average molecular weight is 319 g/mol. The van der Waals surface area contributed by atoms with Gasteiger partial charge in [0.1, 0.15) is 5.75 Å². The van der Waals surface area contributed by atoms with E-state index in [1.165, 1.54) is 4.31 Å². The summed E-state index contributed by atoms with van der Waals surface area (Å²) in [5, 5.41) is 0. The van der Waals surface area contributed by atoms with Crippen LogP contribution in [0.15, 0.2) is 53.4 Å². The first-order valence-corrected chi connectivity index (χ1v) is 8.63. The number of para-hydroxylation sites is 1. The molecule has 0 aliphatic carbocycles. The summed E-state index contributed by atoms with van der Waals surface area (Å²) in [4.78, 5) is 0.300. The zero-order valence-electron chi connectivity index (χ0n) is 13.1. The predicted octanol–water partition coefficient (Wildman–Crippen LogP) is 3.21. The maximum absolute atomic E-state index is 12.6. The second kappa shape index (κ2) is 6.94. The first-order chi connectivity index (χ1) is 10.4. The van der Waals surface area contributed by atoms with Crippen LogP contribution in [-0.2, 0) is 16.6 Å². The van der Waals surface area contributed by atoms with Crippen LogP contribution in [0.5, 0.6) is 5.75 Å². The van der Waals surface area contributed by atoms with E-state index in [0.717, 1.165) is 16.9 Å². The van der Waals surface area contributed by atoms with E-state index in [2.05, 4.69) is 0 Å². The third-order valence-electron chi connectivity index (χ3n) is 3.39. The fourth-order valence-electron chi connectivity index (χ4n) is 2.15. The van der Waals surface area contributed by atoms with Crippen molar-refractivity contribution < 1.29 is 13.2 Å². The molecule has 0 unspecified atom stereocenters. The molecule has 0 aromatic heterocycles. The first kappa shape index (κ1) is 16.5. The Kier molecular flexibility index (Phi) is 5.21. The summed E-state index contributed by atoms with van der Waals surface area (Å²) in [5.74, 6) is 0.718. The van der Waals surface area contributed by atoms with E-state index in [1.54, 1.807) is 31.3 Å². The highest BCUT2D eigenvalue weighted by Crippen LogP contribution is 2.23. The molecule has 4 nitrogen and oxygen atoms in total. The van der Waals surface area contributed by atoms with Gasteiger partial charge in [0.2, 0.25) is 10.0 Å². The molecule has 5 heteroatoms. The topological polar surface area (TPSA) is 46.6 Å². The zero-order chi connectivity index (χ0) is 16.2. The molecule has 0 atom stereocenters. The number of ether oxygens (including phenoxy) is 1. The molecule has 0 heterocycles. The third kappa shape index (κ3) is 3.67. The molecule has 22 heavy (non-hydrogen) atoms. The Hall–Kier alpha value is -1.85. The van der Waals surface area contributed by atoms with Gasteiger partial charge in [0, 0.05) is 19.2 Å². The van der Waals surface area contributed by atoms with Crippen molar-refractivity contribution in [3.8, 4) is 5.75 Å². The molecule has 2 rings (SSSR count). The number of rotatable bonds is 6. The van der Waals surface area contributed by atoms with E-state index in [4.69, 9.17) is 4.74 Å². The highest BCUT2D eigenvalue weighted by molar-refractivity contribution is 7.89. The van der Waals surface area contributed by atoms with E-state index >= 15 is 0 Å². The van der Waals surface area contributed by atoms with Gasteiger partial charge in [-0.05, 0) is 32.0 Å². The highest BCUT2D eigenvalue weighted by Gasteiger charge is 2.21. The molecular weight excluding hydrogens is 298 g/mol. The highest BCUT2D eigenvalue weighted by atomic mass is 32.2. The minimum absolute atomic E-state index is 0.270. The number of aryl methyl sites for hydroxylation is 1. The SMILES string of the molecule is CCOc1ccccc1CN(C)S(=O)(=O)c1ccc(C)cc1. The normalized spacial score (nSPS) is 11.6. The van der Waals surface area contributed by atoms with Crippen LogP contribution in [0.3, 0.4) is 0 Å². The maximum atomic E-state index is 12.6. The van der Waals surface area contributed by atoms with Gasteiger partial charge in [-0.15, -0.1) is 0 Å². The summed E-state index contributed by atoms with van der Waals surface area (Å²) in [7, 11) is -1.93. The standard InChI is InChI=1S/C17H21NO3S/c1-4-21-17-8-6-5-7-15(17)13-18(3)22(19,20)16-11-9-14(2)10-12-16/h5-12H,4,13H2,1-3H3. The molecule has 0 bridgehead atoms. The van der Waals surface area contributed by atoms with Gasteiger partial charge in [-0.2, -0.15) is 4.31 Å². The second-order valence-corrected chi connectivity index (χ2v) is 7.16. The zero-order valence-corrected chi connectivity index (χ0v) is 13.9. The molecule has 0 saturated heterocycles. The van der Waals surface area contributed by atoms with Gasteiger partial charge in [-0.3, -0.25) is 0 Å². The second-order valence-electron chi connectivity index (χ2n) is 5.11. The fraction of sp³-hybridized carbons (Fsp3) is 0.294. The Balaban J connectivity index is 2.24. The van der Waals surface area contributed by atoms with Gasteiger partial charge < -0.3 is 4.74 Å². The van der Waals surface area contributed by atoms with E-state index in [-0.39, 0.29) is 6.54 Å². The van der Waals surface area contributed by atoms with Gasteiger partial charge in [-0.1, -0.05) is 35.9 Å². The van der Waals surface area contributed by atoms with Crippen molar-refractivity contribution in [1.82, 2.24) is 4.31 Å². The molecular formula is C17H21NO3S. The summed E-state index contributed by atoms with van der Waals surface area (Å²) >= 11 is 0. The smallest absolute Gasteiger partial charge is 0.243 e. The molecule has 0 aliphatic rings. The van der Waals surface area contributed by atoms with Crippen molar-refractivity contribution in [3.63, 3.8) is 0 Å². The molecule has 2 aromatic carbocycles. The monoisotopic (exact) mass is 319 g/mol. The van der Waals surface area contributed by atoms with Crippen molar-refractivity contribution in [2.24, 2.45) is 0 Å². The van der Waals surface area contributed by atoms with Gasteiger partial charge in [0.25, 0.3) is 0 Å². The van der Waals surface area contributed by atoms with Crippen LogP contribution in [0.1, 0.15) is 18.1 Å². The Labute approximate surface area is 132 Å². The number of sulfonamides is 1. The van der Waals surface area contributed by atoms with E-state index in [0.29, 0.717) is 11.5 Å². The lowest BCUT2D eigenvalue weighted by Gasteiger charge is -2.19. The average Bonchev–Trinajstić information content (AvgIpc) is 2.50. The van der Waals surface area contributed by atoms with Gasteiger partial charge >= 0.3 is 0 Å². The van der Waals surface area contributed by atoms with Crippen molar-refractivity contribution in [3.05, 3.63) is 59.7 Å². The van der Waals surface area contributed by atoms with Gasteiger partial charge in [0.15, 0.2) is 0 Å². The minimum Gasteiger partial charge on any atom is -0.494 e. The van der Waals surface area contributed by atoms with Crippen LogP contribution in [0.2, 0.25) is 0 Å². The number of benzene rings is 2. The maximum Gasteiger partial charge on any atom is 0.243 e. The van der Waals surface area contributed by atoms with E-state index in [1.807, 2.05) is 38.1 Å². The van der Waals surface area contributed by atoms with Crippen molar-refractivity contribution in [2.45, 2.75) is 25.3 Å². The van der Waals surface area contributed by atoms with Crippen LogP contribution < -0.4 is 4.74 Å². The molecule has 0 saturated carbocycles. The quantitative estimate of drug-likeness (QED) is 0.821. The third-order valence-corrected chi connectivity index (χ3v) is 5.21. The van der Waals surface area contributed by atoms with Crippen LogP contribution in [0, 0.1) is 6.92 Å². The van der Waals surface area contributed by atoms with Gasteiger partial charge in [-0.25, -0.2) is 8.42 Å². The molecule has 0 fully saturated rings. The Morgan fingerprint density at radius 3 is 2.32 bits per heavy atom. The van der Waals surface area contributed by atoms with Crippen LogP contribution in [-0.4, -0.2) is 26.4 Å². The van der Waals surface area contributed by atoms with Gasteiger partial charge in [0.05, 0.1) is 11.5 Å². The summed E-state index contributed by atoms with van der Waals surface area (Å²) in [5.41, 5.74) is 1.88. The molecule has 2 aromatic rings. The lowest BCUT2D eigenvalue weighted by Crippen LogP contribution is -2.26. The van der Waals surface area contributed by atoms with E-state index in [9.17, 15) is 8.42 Å². The van der Waals surface area contributed by atoms with Crippen LogP contribution >= 0.6 is 0 Å². The summed E-state index contributed by atoms with van der Waals surface area (Å²) in [6, 6.07) is 14.4. The molecule has 0 aliphatic heterocycles. The van der Waals surface area contributed by atoms with Crippen LogP contribution in [0.4, 0.5) is 0 Å². The van der Waals surface area contributed by atoms with E-state index < -0.39 is 10.0 Å². The summed E-state index contributed by atoms with van der Waals surface area (Å²) < 4.78 is 32.1. The predicted molar refractivity (Wildman–Crippen MR) is 87.4 cm³/mol. The molecule has 118 valence electrons. The largest absolute Gasteiger partial charge is 0.494 e. The Bertz CT molecular complexity index is 724. The lowest BCUT2D eigenvalue weighted by atomic mass is 10.2. The van der Waals surface area contributed by atoms with Crippen molar-refractivity contribution in [1.29, 1.82) is 0 Å². The number of hydrogen-bond donors (Lipinski definition) is 0. The minimum atomic E-state index is -3.51. The summed E-state index contributed by atoms with van der Waals surface area (Å²) in [6.07, 6.45) is 0. The molecule has 0 radical (unpaired) electrons. The Morgan fingerprint density at radius 1 is 1.05 bits per heavy atom. The first-order valence-electron chi connectivity index (χ1n) is 7.19. The molecule has 0 amide bonds. The molecule has 0 spiro atoms. The lowest BCUT2D eigenvalue weighted by molar-refractivity contribution is 0.332. The summed E-state index contributed by atoms with van der Waals surface area (Å²) in [6.45, 7) is 4.65. The van der Waals surface area contributed by atoms with Crippen LogP contribution in [0.25, 0.3) is 0 Å². The Morgan fingerprint density at radius 2 is 1.68 bits per heavy atom. The number of nitrogens with zero attached hydrogens (tertiary/aromatic N) is 1. The van der Waals surface area contributed by atoms with Crippen molar-refractivity contribution in [2.75, 3.05) is 13.7 Å². The number of hydrogen-bond acceptors (Lipinski definition) is 3.